The Morgan fingerprint density at radius 2 is 1.69 bits per heavy atom. The zero-order valence-corrected chi connectivity index (χ0v) is 21.3. The fourth-order valence-electron chi connectivity index (χ4n) is 4.41. The second-order valence-electron chi connectivity index (χ2n) is 8.66. The fraction of sp³-hybridized carbons (Fsp3) is 0.400. The van der Waals surface area contributed by atoms with Crippen molar-refractivity contribution in [2.24, 2.45) is 4.99 Å². The predicted molar refractivity (Wildman–Crippen MR) is 135 cm³/mol. The average Bonchev–Trinajstić information content (AvgIpc) is 3.31. The summed E-state index contributed by atoms with van der Waals surface area (Å²) in [7, 11) is -3.57. The van der Waals surface area contributed by atoms with E-state index in [1.165, 1.54) is 9.21 Å². The second-order valence-corrected chi connectivity index (χ2v) is 11.4. The molecule has 2 aliphatic rings. The highest BCUT2D eigenvalue weighted by Crippen LogP contribution is 2.26. The average molecular weight is 516 g/mol. The van der Waals surface area contributed by atoms with Gasteiger partial charge in [-0.05, 0) is 24.3 Å². The Kier molecular flexibility index (Phi) is 7.76. The quantitative estimate of drug-likeness (QED) is 0.516. The van der Waals surface area contributed by atoms with Crippen molar-refractivity contribution in [3.05, 3.63) is 64.8 Å². The molecule has 0 atom stereocenters. The van der Waals surface area contributed by atoms with Gasteiger partial charge in [-0.1, -0.05) is 30.3 Å². The third kappa shape index (κ3) is 5.74. The zero-order chi connectivity index (χ0) is 24.1. The molecule has 1 N–H and O–H groups in total. The van der Waals surface area contributed by atoms with Crippen molar-refractivity contribution in [3.63, 3.8) is 0 Å². The SMILES string of the molecule is O=S(=O)(c1cccc(-c2csc(=Nc3ccccc3)n2CC[NH+]2CCOCC2)c1)N1CCOCC1. The number of rotatable bonds is 7. The van der Waals surface area contributed by atoms with Gasteiger partial charge in [0.25, 0.3) is 0 Å². The van der Waals surface area contributed by atoms with Crippen LogP contribution in [0.1, 0.15) is 0 Å². The molecule has 3 heterocycles. The highest BCUT2D eigenvalue weighted by atomic mass is 32.2. The normalized spacial score (nSPS) is 18.7. The Hall–Kier alpha value is -2.34. The lowest BCUT2D eigenvalue weighted by atomic mass is 10.2. The summed E-state index contributed by atoms with van der Waals surface area (Å²) in [6.45, 7) is 6.95. The van der Waals surface area contributed by atoms with Crippen LogP contribution in [0.25, 0.3) is 11.3 Å². The summed E-state index contributed by atoms with van der Waals surface area (Å²) in [5.74, 6) is 0. The number of hydrogen-bond donors (Lipinski definition) is 1. The van der Waals surface area contributed by atoms with Crippen molar-refractivity contribution >= 4 is 27.0 Å². The van der Waals surface area contributed by atoms with Crippen molar-refractivity contribution in [2.45, 2.75) is 11.4 Å². The van der Waals surface area contributed by atoms with Crippen LogP contribution in [-0.4, -0.2) is 76.4 Å². The summed E-state index contributed by atoms with van der Waals surface area (Å²) in [5.41, 5.74) is 2.76. The molecule has 3 aromatic rings. The molecule has 0 radical (unpaired) electrons. The number of benzene rings is 2. The molecule has 35 heavy (non-hydrogen) atoms. The number of hydrogen-bond acceptors (Lipinski definition) is 6. The first kappa shape index (κ1) is 24.4. The van der Waals surface area contributed by atoms with Crippen LogP contribution in [0.4, 0.5) is 5.69 Å². The van der Waals surface area contributed by atoms with E-state index in [0.29, 0.717) is 31.2 Å². The molecule has 0 aliphatic carbocycles. The number of thiazole rings is 1. The molecule has 2 aromatic carbocycles. The molecule has 8 nitrogen and oxygen atoms in total. The number of aromatic nitrogens is 1. The molecular weight excluding hydrogens is 484 g/mol. The van der Waals surface area contributed by atoms with E-state index >= 15 is 0 Å². The summed E-state index contributed by atoms with van der Waals surface area (Å²) in [5, 5.41) is 2.08. The summed E-state index contributed by atoms with van der Waals surface area (Å²) >= 11 is 1.58. The van der Waals surface area contributed by atoms with Gasteiger partial charge in [-0.25, -0.2) is 13.4 Å². The maximum atomic E-state index is 13.3. The molecule has 0 unspecified atom stereocenters. The van der Waals surface area contributed by atoms with Gasteiger partial charge in [0, 0.05) is 24.0 Å². The lowest BCUT2D eigenvalue weighted by Crippen LogP contribution is -3.14. The van der Waals surface area contributed by atoms with Crippen molar-refractivity contribution < 1.29 is 22.8 Å². The lowest BCUT2D eigenvalue weighted by Gasteiger charge is -2.26. The van der Waals surface area contributed by atoms with E-state index in [-0.39, 0.29) is 0 Å². The molecule has 2 saturated heterocycles. The van der Waals surface area contributed by atoms with E-state index in [1.54, 1.807) is 23.5 Å². The van der Waals surface area contributed by atoms with E-state index in [1.807, 2.05) is 42.5 Å². The molecule has 186 valence electrons. The zero-order valence-electron chi connectivity index (χ0n) is 19.6. The van der Waals surface area contributed by atoms with Gasteiger partial charge in [0.2, 0.25) is 10.0 Å². The molecule has 10 heteroatoms. The topological polar surface area (TPSA) is 77.6 Å². The summed E-state index contributed by atoms with van der Waals surface area (Å²) in [6, 6.07) is 17.2. The van der Waals surface area contributed by atoms with E-state index in [2.05, 4.69) is 9.95 Å². The van der Waals surface area contributed by atoms with Crippen LogP contribution in [0, 0.1) is 0 Å². The van der Waals surface area contributed by atoms with Crippen LogP contribution in [0.5, 0.6) is 0 Å². The standard InChI is InChI=1S/C25H30N4O4S2/c30-35(31,28-13-17-33-18-14-28)23-8-4-5-21(19-23)24-20-34-25(26-22-6-2-1-3-7-22)29(24)10-9-27-11-15-32-16-12-27/h1-8,19-20H,9-18H2/p+1. The first-order valence-corrected chi connectivity index (χ1v) is 14.3. The Morgan fingerprint density at radius 1 is 0.943 bits per heavy atom. The third-order valence-electron chi connectivity index (χ3n) is 6.41. The fourth-order valence-corrected chi connectivity index (χ4v) is 6.82. The highest BCUT2D eigenvalue weighted by molar-refractivity contribution is 7.89. The summed E-state index contributed by atoms with van der Waals surface area (Å²) in [4.78, 5) is 7.63. The van der Waals surface area contributed by atoms with Crippen molar-refractivity contribution in [3.8, 4) is 11.3 Å². The third-order valence-corrected chi connectivity index (χ3v) is 9.16. The van der Waals surface area contributed by atoms with Crippen LogP contribution in [0.2, 0.25) is 0 Å². The predicted octanol–water partition coefficient (Wildman–Crippen LogP) is 1.39. The number of ether oxygens (including phenoxy) is 2. The van der Waals surface area contributed by atoms with Crippen LogP contribution >= 0.6 is 11.3 Å². The Balaban J connectivity index is 1.50. The van der Waals surface area contributed by atoms with Crippen molar-refractivity contribution in [2.75, 3.05) is 59.2 Å². The van der Waals surface area contributed by atoms with Gasteiger partial charge in [0.1, 0.15) is 13.1 Å². The minimum absolute atomic E-state index is 0.315. The van der Waals surface area contributed by atoms with E-state index in [9.17, 15) is 8.42 Å². The molecule has 5 rings (SSSR count). The maximum absolute atomic E-state index is 13.3. The molecule has 1 aromatic heterocycles. The minimum Gasteiger partial charge on any atom is -0.379 e. The van der Waals surface area contributed by atoms with Gasteiger partial charge in [0.05, 0.1) is 55.8 Å². The van der Waals surface area contributed by atoms with Gasteiger partial charge in [-0.15, -0.1) is 11.3 Å². The number of nitrogens with zero attached hydrogens (tertiary/aromatic N) is 3. The second kappa shape index (κ2) is 11.2. The molecule has 2 aliphatic heterocycles. The van der Waals surface area contributed by atoms with Gasteiger partial charge in [0.15, 0.2) is 4.80 Å². The Morgan fingerprint density at radius 3 is 2.46 bits per heavy atom. The number of morpholine rings is 2. The largest absolute Gasteiger partial charge is 0.379 e. The van der Waals surface area contributed by atoms with Crippen LogP contribution < -0.4 is 9.70 Å². The van der Waals surface area contributed by atoms with Gasteiger partial charge in [-0.2, -0.15) is 4.31 Å². The number of nitrogens with one attached hydrogen (secondary N) is 1. The first-order chi connectivity index (χ1) is 17.1. The van der Waals surface area contributed by atoms with Crippen molar-refractivity contribution in [1.82, 2.24) is 8.87 Å². The highest BCUT2D eigenvalue weighted by Gasteiger charge is 2.27. The number of quaternary nitrogens is 1. The molecule has 0 spiro atoms. The van der Waals surface area contributed by atoms with Crippen molar-refractivity contribution in [1.29, 1.82) is 0 Å². The maximum Gasteiger partial charge on any atom is 0.243 e. The number of sulfonamides is 1. The van der Waals surface area contributed by atoms with Crippen LogP contribution in [0.3, 0.4) is 0 Å². The number of para-hydroxylation sites is 1. The van der Waals surface area contributed by atoms with E-state index in [4.69, 9.17) is 14.5 Å². The lowest BCUT2D eigenvalue weighted by molar-refractivity contribution is -0.908. The monoisotopic (exact) mass is 515 g/mol. The molecule has 2 fully saturated rings. The van der Waals surface area contributed by atoms with Gasteiger partial charge < -0.3 is 18.9 Å². The summed E-state index contributed by atoms with van der Waals surface area (Å²) < 4.78 is 41.1. The molecule has 0 saturated carbocycles. The Bertz CT molecular complexity index is 1290. The Labute approximate surface area is 210 Å². The van der Waals surface area contributed by atoms with Gasteiger partial charge in [-0.3, -0.25) is 0 Å². The summed E-state index contributed by atoms with van der Waals surface area (Å²) in [6.07, 6.45) is 0. The first-order valence-electron chi connectivity index (χ1n) is 12.0. The van der Waals surface area contributed by atoms with Crippen LogP contribution in [-0.2, 0) is 26.0 Å². The molecule has 0 bridgehead atoms. The van der Waals surface area contributed by atoms with Crippen LogP contribution in [0.15, 0.2) is 69.9 Å². The minimum atomic E-state index is -3.57. The molecule has 0 amide bonds. The van der Waals surface area contributed by atoms with E-state index < -0.39 is 10.0 Å². The van der Waals surface area contributed by atoms with Gasteiger partial charge >= 0.3 is 0 Å². The van der Waals surface area contributed by atoms with E-state index in [0.717, 1.165) is 61.1 Å². The smallest absolute Gasteiger partial charge is 0.243 e. The molecular formula is C25H31N4O4S2+.